The number of rotatable bonds is 1. The second kappa shape index (κ2) is 5.21. The third kappa shape index (κ3) is 1.90. The van der Waals surface area contributed by atoms with E-state index in [0.29, 0.717) is 10.5 Å². The highest BCUT2D eigenvalue weighted by molar-refractivity contribution is 8.17. The van der Waals surface area contributed by atoms with Crippen molar-refractivity contribution < 1.29 is 5.11 Å². The van der Waals surface area contributed by atoms with Gasteiger partial charge in [-0.05, 0) is 47.8 Å². The van der Waals surface area contributed by atoms with Crippen molar-refractivity contribution in [2.45, 2.75) is 55.1 Å². The van der Waals surface area contributed by atoms with E-state index in [9.17, 15) is 5.11 Å². The zero-order valence-corrected chi connectivity index (χ0v) is 14.3. The molecule has 0 bridgehead atoms. The number of aliphatic hydroxyl groups is 1. The monoisotopic (exact) mass is 320 g/mol. The lowest BCUT2D eigenvalue weighted by Crippen LogP contribution is -2.50. The highest BCUT2D eigenvalue weighted by atomic mass is 32.2. The van der Waals surface area contributed by atoms with Crippen LogP contribution in [0.25, 0.3) is 0 Å². The van der Waals surface area contributed by atoms with Gasteiger partial charge in [-0.25, -0.2) is 0 Å². The Morgan fingerprint density at radius 3 is 2.67 bits per heavy atom. The van der Waals surface area contributed by atoms with Crippen LogP contribution in [0.1, 0.15) is 56.1 Å². The van der Waals surface area contributed by atoms with E-state index in [0.717, 1.165) is 0 Å². The quantitative estimate of drug-likeness (QED) is 0.806. The Balaban J connectivity index is 1.86. The van der Waals surface area contributed by atoms with Crippen LogP contribution in [0.15, 0.2) is 24.3 Å². The van der Waals surface area contributed by atoms with E-state index in [-0.39, 0.29) is 5.41 Å². The molecule has 2 aliphatic carbocycles. The zero-order valence-electron chi connectivity index (χ0n) is 12.7. The number of benzene rings is 1. The fourth-order valence-corrected chi connectivity index (χ4v) is 8.34. The van der Waals surface area contributed by atoms with Crippen LogP contribution in [0.5, 0.6) is 0 Å². The predicted molar refractivity (Wildman–Crippen MR) is 93.0 cm³/mol. The maximum atomic E-state index is 12.0. The van der Waals surface area contributed by atoms with Crippen molar-refractivity contribution in [2.24, 2.45) is 5.41 Å². The van der Waals surface area contributed by atoms with Crippen LogP contribution in [-0.4, -0.2) is 21.2 Å². The molecule has 1 saturated heterocycles. The molecule has 0 radical (unpaired) electrons. The van der Waals surface area contributed by atoms with E-state index >= 15 is 0 Å². The highest BCUT2D eigenvalue weighted by Gasteiger charge is 2.63. The Bertz CT molecular complexity index is 540. The zero-order chi connectivity index (χ0) is 14.5. The van der Waals surface area contributed by atoms with Crippen molar-refractivity contribution in [3.8, 4) is 0 Å². The first-order chi connectivity index (χ1) is 10.2. The Morgan fingerprint density at radius 1 is 1.10 bits per heavy atom. The standard InChI is InChI=1S/C18H24OS2/c1-17-10-5-4-8-14(17)13-7-2-3-9-15(13)18(17,19)16-20-11-6-12-21-16/h2-3,7,9,14,16,19H,4-6,8,10-12H2,1H3. The van der Waals surface area contributed by atoms with Gasteiger partial charge in [0.2, 0.25) is 0 Å². The first kappa shape index (κ1) is 14.5. The van der Waals surface area contributed by atoms with Crippen molar-refractivity contribution in [2.75, 3.05) is 11.5 Å². The molecule has 1 heterocycles. The second-order valence-electron chi connectivity index (χ2n) is 7.00. The number of hydrogen-bond donors (Lipinski definition) is 1. The smallest absolute Gasteiger partial charge is 0.117 e. The van der Waals surface area contributed by atoms with E-state index < -0.39 is 5.60 Å². The highest BCUT2D eigenvalue weighted by Crippen LogP contribution is 2.67. The van der Waals surface area contributed by atoms with E-state index in [1.807, 2.05) is 23.5 Å². The molecule has 1 aromatic rings. The minimum absolute atomic E-state index is 0.0247. The van der Waals surface area contributed by atoms with Gasteiger partial charge in [0.05, 0.1) is 4.58 Å². The maximum Gasteiger partial charge on any atom is 0.117 e. The maximum absolute atomic E-state index is 12.0. The molecule has 2 fully saturated rings. The summed E-state index contributed by atoms with van der Waals surface area (Å²) in [5.41, 5.74) is 2.06. The molecule has 1 saturated carbocycles. The molecule has 1 nitrogen and oxygen atoms in total. The Kier molecular flexibility index (Phi) is 3.59. The number of fused-ring (bicyclic) bond motifs is 3. The average molecular weight is 321 g/mol. The van der Waals surface area contributed by atoms with Crippen molar-refractivity contribution in [3.63, 3.8) is 0 Å². The van der Waals surface area contributed by atoms with Crippen molar-refractivity contribution in [3.05, 3.63) is 35.4 Å². The van der Waals surface area contributed by atoms with Gasteiger partial charge < -0.3 is 5.11 Å². The summed E-state index contributed by atoms with van der Waals surface area (Å²) < 4.78 is 0.306. The van der Waals surface area contributed by atoms with Gasteiger partial charge in [0, 0.05) is 5.41 Å². The third-order valence-corrected chi connectivity index (χ3v) is 9.15. The summed E-state index contributed by atoms with van der Waals surface area (Å²) in [6.07, 6.45) is 6.28. The lowest BCUT2D eigenvalue weighted by atomic mass is 9.62. The fourth-order valence-electron chi connectivity index (χ4n) is 4.87. The SMILES string of the molecule is CC12CCCCC1c1ccccc1C2(O)C1SCCCS1. The molecular formula is C18H24OS2. The minimum Gasteiger partial charge on any atom is -0.382 e. The van der Waals surface area contributed by atoms with E-state index in [1.54, 1.807) is 0 Å². The molecule has 1 aliphatic heterocycles. The van der Waals surface area contributed by atoms with Crippen LogP contribution in [0, 0.1) is 5.41 Å². The predicted octanol–water partition coefficient (Wildman–Crippen LogP) is 4.75. The third-order valence-electron chi connectivity index (χ3n) is 5.99. The lowest BCUT2D eigenvalue weighted by molar-refractivity contribution is -0.0825. The molecule has 3 atom stereocenters. The summed E-state index contributed by atoms with van der Waals surface area (Å²) in [6.45, 7) is 2.37. The van der Waals surface area contributed by atoms with Crippen LogP contribution in [0.2, 0.25) is 0 Å². The van der Waals surface area contributed by atoms with Crippen molar-refractivity contribution in [1.29, 1.82) is 0 Å². The first-order valence-electron chi connectivity index (χ1n) is 8.23. The van der Waals surface area contributed by atoms with Crippen LogP contribution in [0.4, 0.5) is 0 Å². The van der Waals surface area contributed by atoms with Crippen LogP contribution >= 0.6 is 23.5 Å². The molecule has 1 N–H and O–H groups in total. The Labute approximate surface area is 136 Å². The van der Waals surface area contributed by atoms with Gasteiger partial charge in [-0.15, -0.1) is 23.5 Å². The molecule has 1 aromatic carbocycles. The Hall–Kier alpha value is -0.120. The van der Waals surface area contributed by atoms with Gasteiger partial charge >= 0.3 is 0 Å². The number of hydrogen-bond acceptors (Lipinski definition) is 3. The van der Waals surface area contributed by atoms with Gasteiger partial charge in [-0.1, -0.05) is 44.0 Å². The Morgan fingerprint density at radius 2 is 1.86 bits per heavy atom. The summed E-state index contributed by atoms with van der Waals surface area (Å²) in [5.74, 6) is 2.95. The molecular weight excluding hydrogens is 296 g/mol. The molecule has 0 amide bonds. The van der Waals surface area contributed by atoms with Crippen LogP contribution < -0.4 is 0 Å². The second-order valence-corrected chi connectivity index (χ2v) is 9.72. The fraction of sp³-hybridized carbons (Fsp3) is 0.667. The van der Waals surface area contributed by atoms with Gasteiger partial charge in [-0.3, -0.25) is 0 Å². The molecule has 0 aromatic heterocycles. The largest absolute Gasteiger partial charge is 0.382 e. The van der Waals surface area contributed by atoms with Crippen LogP contribution in [0.3, 0.4) is 0 Å². The summed E-state index contributed by atoms with van der Waals surface area (Å²) in [7, 11) is 0. The van der Waals surface area contributed by atoms with Crippen molar-refractivity contribution in [1.82, 2.24) is 0 Å². The van der Waals surface area contributed by atoms with Gasteiger partial charge in [-0.2, -0.15) is 0 Å². The lowest BCUT2D eigenvalue weighted by Gasteiger charge is -2.50. The van der Waals surface area contributed by atoms with Gasteiger partial charge in [0.15, 0.2) is 0 Å². The summed E-state index contributed by atoms with van der Waals surface area (Å²) in [4.78, 5) is 0. The molecule has 3 heteroatoms. The normalized spacial score (nSPS) is 39.8. The van der Waals surface area contributed by atoms with E-state index in [4.69, 9.17) is 0 Å². The molecule has 4 rings (SSSR count). The van der Waals surface area contributed by atoms with E-state index in [2.05, 4.69) is 31.2 Å². The molecule has 0 spiro atoms. The summed E-state index contributed by atoms with van der Waals surface area (Å²) in [6, 6.07) is 8.75. The van der Waals surface area contributed by atoms with E-state index in [1.165, 1.54) is 54.7 Å². The summed E-state index contributed by atoms with van der Waals surface area (Å²) >= 11 is 3.98. The minimum atomic E-state index is -0.648. The first-order valence-corrected chi connectivity index (χ1v) is 10.3. The average Bonchev–Trinajstić information content (AvgIpc) is 2.75. The molecule has 3 unspecified atom stereocenters. The molecule has 21 heavy (non-hydrogen) atoms. The van der Waals surface area contributed by atoms with Crippen LogP contribution in [-0.2, 0) is 5.60 Å². The molecule has 3 aliphatic rings. The van der Waals surface area contributed by atoms with Gasteiger partial charge in [0.25, 0.3) is 0 Å². The molecule has 114 valence electrons. The number of thioether (sulfide) groups is 2. The topological polar surface area (TPSA) is 20.2 Å². The van der Waals surface area contributed by atoms with Gasteiger partial charge in [0.1, 0.15) is 5.60 Å². The summed E-state index contributed by atoms with van der Waals surface area (Å²) in [5, 5.41) is 12.0. The van der Waals surface area contributed by atoms with Crippen molar-refractivity contribution >= 4 is 23.5 Å².